The number of halogens is 1. The van der Waals surface area contributed by atoms with E-state index in [0.717, 1.165) is 35.0 Å². The van der Waals surface area contributed by atoms with Gasteiger partial charge in [0.15, 0.2) is 5.16 Å². The van der Waals surface area contributed by atoms with Crippen LogP contribution in [0, 0.1) is 5.82 Å². The Hall–Kier alpha value is -1.92. The molecule has 0 N–H and O–H groups in total. The Morgan fingerprint density at radius 1 is 1.32 bits per heavy atom. The average Bonchev–Trinajstić information content (AvgIpc) is 3.18. The number of nitrogens with zero attached hydrogens (tertiary/aromatic N) is 2. The summed E-state index contributed by atoms with van der Waals surface area (Å²) in [5, 5.41) is 1.49. The minimum Gasteiger partial charge on any atom is -0.283 e. The fourth-order valence-corrected chi connectivity index (χ4v) is 5.45. The van der Waals surface area contributed by atoms with Gasteiger partial charge in [-0.15, -0.1) is 17.9 Å². The van der Waals surface area contributed by atoms with Crippen molar-refractivity contribution in [3.05, 3.63) is 69.1 Å². The van der Waals surface area contributed by atoms with Crippen molar-refractivity contribution in [2.75, 3.05) is 0 Å². The molecule has 0 aliphatic heterocycles. The van der Waals surface area contributed by atoms with E-state index in [2.05, 4.69) is 6.58 Å². The van der Waals surface area contributed by atoms with Crippen molar-refractivity contribution in [1.29, 1.82) is 0 Å². The molecule has 0 spiro atoms. The van der Waals surface area contributed by atoms with Gasteiger partial charge in [0.2, 0.25) is 0 Å². The van der Waals surface area contributed by atoms with Gasteiger partial charge in [-0.1, -0.05) is 30.0 Å². The third-order valence-corrected chi connectivity index (χ3v) is 6.62. The van der Waals surface area contributed by atoms with E-state index in [-0.39, 0.29) is 11.4 Å². The zero-order valence-electron chi connectivity index (χ0n) is 13.6. The number of fused-ring (bicyclic) bond motifs is 3. The average molecular weight is 372 g/mol. The molecule has 2 aromatic heterocycles. The van der Waals surface area contributed by atoms with E-state index in [1.165, 1.54) is 34.3 Å². The van der Waals surface area contributed by atoms with Crippen LogP contribution in [0.25, 0.3) is 10.2 Å². The molecule has 2 heterocycles. The lowest BCUT2D eigenvalue weighted by molar-refractivity contribution is 0.627. The van der Waals surface area contributed by atoms with Crippen LogP contribution in [0.5, 0.6) is 0 Å². The van der Waals surface area contributed by atoms with Crippen LogP contribution in [0.3, 0.4) is 0 Å². The molecule has 1 aliphatic rings. The lowest BCUT2D eigenvalue weighted by Crippen LogP contribution is -2.22. The number of benzene rings is 1. The summed E-state index contributed by atoms with van der Waals surface area (Å²) >= 11 is 3.16. The molecule has 4 rings (SSSR count). The van der Waals surface area contributed by atoms with Gasteiger partial charge in [-0.3, -0.25) is 9.36 Å². The van der Waals surface area contributed by atoms with E-state index in [9.17, 15) is 9.18 Å². The number of hydrogen-bond acceptors (Lipinski definition) is 4. The van der Waals surface area contributed by atoms with Gasteiger partial charge in [0.1, 0.15) is 10.6 Å². The molecule has 0 amide bonds. The van der Waals surface area contributed by atoms with Gasteiger partial charge in [0.05, 0.1) is 5.39 Å². The quantitative estimate of drug-likeness (QED) is 0.374. The summed E-state index contributed by atoms with van der Waals surface area (Å²) in [6.07, 6.45) is 4.88. The predicted molar refractivity (Wildman–Crippen MR) is 102 cm³/mol. The molecule has 0 atom stereocenters. The molecule has 128 valence electrons. The van der Waals surface area contributed by atoms with Gasteiger partial charge in [-0.05, 0) is 42.5 Å². The fourth-order valence-electron chi connectivity index (χ4n) is 3.19. The van der Waals surface area contributed by atoms with Crippen LogP contribution in [0.2, 0.25) is 0 Å². The largest absolute Gasteiger partial charge is 0.283 e. The third-order valence-electron chi connectivity index (χ3n) is 4.38. The molecule has 1 aromatic carbocycles. The highest BCUT2D eigenvalue weighted by Crippen LogP contribution is 2.35. The van der Waals surface area contributed by atoms with E-state index in [0.29, 0.717) is 17.5 Å². The second-order valence-corrected chi connectivity index (χ2v) is 8.08. The zero-order chi connectivity index (χ0) is 17.4. The molecule has 0 saturated heterocycles. The van der Waals surface area contributed by atoms with Gasteiger partial charge < -0.3 is 0 Å². The van der Waals surface area contributed by atoms with Crippen molar-refractivity contribution in [2.24, 2.45) is 0 Å². The number of aromatic nitrogens is 2. The standard InChI is InChI=1S/C19H17FN2OS2/c1-2-10-22-18(23)16-14-4-3-5-15(14)25-17(16)21-19(22)24-11-12-6-8-13(20)9-7-12/h2,6-9H,1,3-5,10-11H2. The van der Waals surface area contributed by atoms with Gasteiger partial charge in [0, 0.05) is 17.2 Å². The summed E-state index contributed by atoms with van der Waals surface area (Å²) in [5.74, 6) is 0.394. The van der Waals surface area contributed by atoms with Crippen molar-refractivity contribution in [1.82, 2.24) is 9.55 Å². The second-order valence-electron chi connectivity index (χ2n) is 6.05. The van der Waals surface area contributed by atoms with Crippen molar-refractivity contribution >= 4 is 33.3 Å². The molecule has 3 aromatic rings. The maximum Gasteiger partial charge on any atom is 0.263 e. The Bertz CT molecular complexity index is 1000. The highest BCUT2D eigenvalue weighted by molar-refractivity contribution is 7.98. The molecular formula is C19H17FN2OS2. The van der Waals surface area contributed by atoms with Crippen LogP contribution >= 0.6 is 23.1 Å². The summed E-state index contributed by atoms with van der Waals surface area (Å²) in [4.78, 5) is 20.0. The minimum atomic E-state index is -0.245. The van der Waals surface area contributed by atoms with Gasteiger partial charge in [0.25, 0.3) is 5.56 Å². The first kappa shape index (κ1) is 16.5. The van der Waals surface area contributed by atoms with E-state index in [1.807, 2.05) is 0 Å². The van der Waals surface area contributed by atoms with E-state index in [4.69, 9.17) is 4.98 Å². The number of thiophene rings is 1. The van der Waals surface area contributed by atoms with Crippen molar-refractivity contribution < 1.29 is 4.39 Å². The number of rotatable bonds is 5. The first-order valence-electron chi connectivity index (χ1n) is 8.20. The summed E-state index contributed by atoms with van der Waals surface area (Å²) < 4.78 is 14.7. The summed E-state index contributed by atoms with van der Waals surface area (Å²) in [5.41, 5.74) is 2.23. The maximum absolute atomic E-state index is 13.0. The topological polar surface area (TPSA) is 34.9 Å². The molecule has 1 aliphatic carbocycles. The Labute approximate surface area is 153 Å². The summed E-state index contributed by atoms with van der Waals surface area (Å²) in [6.45, 7) is 4.21. The molecule has 0 unspecified atom stereocenters. The zero-order valence-corrected chi connectivity index (χ0v) is 15.3. The van der Waals surface area contributed by atoms with Crippen LogP contribution in [0.1, 0.15) is 22.4 Å². The summed E-state index contributed by atoms with van der Waals surface area (Å²) in [6, 6.07) is 6.42. The Morgan fingerprint density at radius 3 is 2.88 bits per heavy atom. The number of hydrogen-bond donors (Lipinski definition) is 0. The molecule has 25 heavy (non-hydrogen) atoms. The van der Waals surface area contributed by atoms with Crippen LogP contribution in [0.15, 0.2) is 46.9 Å². The van der Waals surface area contributed by atoms with Crippen LogP contribution in [0.4, 0.5) is 4.39 Å². The van der Waals surface area contributed by atoms with Crippen molar-refractivity contribution in [3.8, 4) is 0 Å². The highest BCUT2D eigenvalue weighted by atomic mass is 32.2. The predicted octanol–water partition coefficient (Wildman–Crippen LogP) is 4.56. The Balaban J connectivity index is 1.74. The molecule has 0 fully saturated rings. The van der Waals surface area contributed by atoms with E-state index in [1.54, 1.807) is 34.1 Å². The van der Waals surface area contributed by atoms with E-state index < -0.39 is 0 Å². The fraction of sp³-hybridized carbons (Fsp3) is 0.263. The van der Waals surface area contributed by atoms with Gasteiger partial charge in [-0.2, -0.15) is 0 Å². The highest BCUT2D eigenvalue weighted by Gasteiger charge is 2.23. The maximum atomic E-state index is 13.0. The molecule has 0 saturated carbocycles. The molecule has 3 nitrogen and oxygen atoms in total. The van der Waals surface area contributed by atoms with Gasteiger partial charge >= 0.3 is 0 Å². The van der Waals surface area contributed by atoms with E-state index >= 15 is 0 Å². The van der Waals surface area contributed by atoms with Crippen LogP contribution in [-0.4, -0.2) is 9.55 Å². The van der Waals surface area contributed by atoms with Crippen LogP contribution < -0.4 is 5.56 Å². The second kappa shape index (κ2) is 6.77. The lowest BCUT2D eigenvalue weighted by Gasteiger charge is -2.10. The normalized spacial score (nSPS) is 13.3. The Morgan fingerprint density at radius 2 is 2.12 bits per heavy atom. The van der Waals surface area contributed by atoms with Crippen LogP contribution in [-0.2, 0) is 25.1 Å². The number of allylic oxidation sites excluding steroid dienone is 1. The Kier molecular flexibility index (Phi) is 4.48. The molecule has 0 bridgehead atoms. The smallest absolute Gasteiger partial charge is 0.263 e. The monoisotopic (exact) mass is 372 g/mol. The minimum absolute atomic E-state index is 0.0332. The number of aryl methyl sites for hydroxylation is 2. The molecular weight excluding hydrogens is 355 g/mol. The number of thioether (sulfide) groups is 1. The van der Waals surface area contributed by atoms with Crippen molar-refractivity contribution in [2.45, 2.75) is 36.7 Å². The van der Waals surface area contributed by atoms with Crippen molar-refractivity contribution in [3.63, 3.8) is 0 Å². The molecule has 6 heteroatoms. The first-order valence-corrected chi connectivity index (χ1v) is 10.0. The first-order chi connectivity index (χ1) is 12.2. The third kappa shape index (κ3) is 3.04. The van der Waals surface area contributed by atoms with Gasteiger partial charge in [-0.25, -0.2) is 9.37 Å². The SMILES string of the molecule is C=CCn1c(SCc2ccc(F)cc2)nc2sc3c(c2c1=O)CCC3. The molecule has 0 radical (unpaired) electrons. The lowest BCUT2D eigenvalue weighted by atomic mass is 10.2. The summed E-state index contributed by atoms with van der Waals surface area (Å²) in [7, 11) is 0.